The zero-order valence-electron chi connectivity index (χ0n) is 11.2. The molecule has 0 spiro atoms. The van der Waals surface area contributed by atoms with Crippen molar-refractivity contribution in [1.82, 2.24) is 4.90 Å². The molecule has 0 saturated carbocycles. The molecule has 1 N–H and O–H groups in total. The molecule has 0 heterocycles. The molecule has 0 aromatic heterocycles. The Labute approximate surface area is 107 Å². The summed E-state index contributed by atoms with van der Waals surface area (Å²) < 4.78 is 0. The average molecular weight is 249 g/mol. The summed E-state index contributed by atoms with van der Waals surface area (Å²) in [4.78, 5) is 24.5. The van der Waals surface area contributed by atoms with Crippen molar-refractivity contribution in [3.8, 4) is 0 Å². The molecule has 0 aliphatic rings. The number of carbonyl (C=O) groups is 2. The van der Waals surface area contributed by atoms with Gasteiger partial charge in [0.2, 0.25) is 5.91 Å². The van der Waals surface area contributed by atoms with Crippen LogP contribution >= 0.6 is 0 Å². The minimum Gasteiger partial charge on any atom is -0.478 e. The van der Waals surface area contributed by atoms with Gasteiger partial charge >= 0.3 is 5.97 Å². The number of likely N-dealkylation sites (N-methyl/N-ethyl adjacent to an activating group) is 1. The van der Waals surface area contributed by atoms with Gasteiger partial charge in [0, 0.05) is 14.1 Å². The first kappa shape index (κ1) is 14.2. The van der Waals surface area contributed by atoms with Crippen molar-refractivity contribution in [3.63, 3.8) is 0 Å². The predicted molar refractivity (Wildman–Crippen MR) is 69.7 cm³/mol. The van der Waals surface area contributed by atoms with Crippen LogP contribution in [0.4, 0.5) is 0 Å². The van der Waals surface area contributed by atoms with Gasteiger partial charge in [-0.3, -0.25) is 4.79 Å². The number of hydrogen-bond donors (Lipinski definition) is 1. The molecule has 1 aromatic carbocycles. The standard InChI is InChI=1S/C14H19NO3/c1-9(2)12(13(16)15(3)4)10-5-7-11(8-6-10)14(17)18/h5-9,12H,1-4H3,(H,17,18)/t12-/m1/s1. The largest absolute Gasteiger partial charge is 0.478 e. The van der Waals surface area contributed by atoms with Crippen LogP contribution < -0.4 is 0 Å². The van der Waals surface area contributed by atoms with Gasteiger partial charge in [0.1, 0.15) is 0 Å². The monoisotopic (exact) mass is 249 g/mol. The molecule has 0 fully saturated rings. The van der Waals surface area contributed by atoms with Crippen molar-refractivity contribution in [2.45, 2.75) is 19.8 Å². The van der Waals surface area contributed by atoms with Gasteiger partial charge in [0.25, 0.3) is 0 Å². The summed E-state index contributed by atoms with van der Waals surface area (Å²) in [7, 11) is 3.45. The van der Waals surface area contributed by atoms with Crippen molar-refractivity contribution in [3.05, 3.63) is 35.4 Å². The van der Waals surface area contributed by atoms with Gasteiger partial charge in [-0.15, -0.1) is 0 Å². The second-order valence-corrected chi connectivity index (χ2v) is 4.88. The molecule has 98 valence electrons. The Hall–Kier alpha value is -1.84. The van der Waals surface area contributed by atoms with E-state index in [1.807, 2.05) is 13.8 Å². The van der Waals surface area contributed by atoms with Crippen LogP contribution in [0.3, 0.4) is 0 Å². The minimum absolute atomic E-state index is 0.0353. The van der Waals surface area contributed by atoms with Gasteiger partial charge in [-0.25, -0.2) is 4.79 Å². The lowest BCUT2D eigenvalue weighted by atomic mass is 9.87. The Bertz CT molecular complexity index is 435. The lowest BCUT2D eigenvalue weighted by Gasteiger charge is -2.24. The highest BCUT2D eigenvalue weighted by molar-refractivity contribution is 5.88. The van der Waals surface area contributed by atoms with E-state index in [0.717, 1.165) is 5.56 Å². The zero-order chi connectivity index (χ0) is 13.9. The van der Waals surface area contributed by atoms with Crippen molar-refractivity contribution in [1.29, 1.82) is 0 Å². The molecule has 4 nitrogen and oxygen atoms in total. The summed E-state index contributed by atoms with van der Waals surface area (Å²) >= 11 is 0. The minimum atomic E-state index is -0.957. The molecule has 0 aliphatic heterocycles. The van der Waals surface area contributed by atoms with Crippen molar-refractivity contribution >= 4 is 11.9 Å². The Kier molecular flexibility index (Phi) is 4.48. The first-order chi connectivity index (χ1) is 8.34. The predicted octanol–water partition coefficient (Wildman–Crippen LogP) is 2.21. The van der Waals surface area contributed by atoms with Crippen LogP contribution in [-0.2, 0) is 4.79 Å². The first-order valence-electron chi connectivity index (χ1n) is 5.89. The molecular weight excluding hydrogens is 230 g/mol. The number of nitrogens with zero attached hydrogens (tertiary/aromatic N) is 1. The number of carboxylic acids is 1. The van der Waals surface area contributed by atoms with Crippen LogP contribution in [-0.4, -0.2) is 36.0 Å². The number of carboxylic acid groups (broad SMARTS) is 1. The molecule has 1 atom stereocenters. The summed E-state index contributed by atoms with van der Waals surface area (Å²) in [5.41, 5.74) is 1.09. The molecular formula is C14H19NO3. The lowest BCUT2D eigenvalue weighted by molar-refractivity contribution is -0.131. The molecule has 18 heavy (non-hydrogen) atoms. The van der Waals surface area contributed by atoms with Gasteiger partial charge in [-0.2, -0.15) is 0 Å². The van der Waals surface area contributed by atoms with Crippen LogP contribution in [0, 0.1) is 5.92 Å². The normalized spacial score (nSPS) is 12.3. The van der Waals surface area contributed by atoms with E-state index in [1.165, 1.54) is 12.1 Å². The molecule has 0 bridgehead atoms. The molecule has 1 amide bonds. The molecule has 0 saturated heterocycles. The third-order valence-corrected chi connectivity index (χ3v) is 2.89. The number of carbonyl (C=O) groups excluding carboxylic acids is 1. The number of amides is 1. The first-order valence-corrected chi connectivity index (χ1v) is 5.89. The summed E-state index contributed by atoms with van der Waals surface area (Å²) in [6.07, 6.45) is 0. The van der Waals surface area contributed by atoms with Crippen molar-refractivity contribution < 1.29 is 14.7 Å². The third-order valence-electron chi connectivity index (χ3n) is 2.89. The van der Waals surface area contributed by atoms with Crippen LogP contribution in [0.1, 0.15) is 35.7 Å². The summed E-state index contributed by atoms with van der Waals surface area (Å²) in [5, 5.41) is 8.85. The Balaban J connectivity index is 3.07. The van der Waals surface area contributed by atoms with E-state index in [-0.39, 0.29) is 23.3 Å². The smallest absolute Gasteiger partial charge is 0.335 e. The maximum absolute atomic E-state index is 12.1. The van der Waals surface area contributed by atoms with Crippen molar-refractivity contribution in [2.75, 3.05) is 14.1 Å². The van der Waals surface area contributed by atoms with Gasteiger partial charge in [0.15, 0.2) is 0 Å². The number of benzene rings is 1. The summed E-state index contributed by atoms with van der Waals surface area (Å²) in [5.74, 6) is -0.993. The fourth-order valence-electron chi connectivity index (χ4n) is 1.92. The van der Waals surface area contributed by atoms with Gasteiger partial charge in [0.05, 0.1) is 11.5 Å². The SMILES string of the molecule is CC(C)[C@@H](C(=O)N(C)C)c1ccc(C(=O)O)cc1. The quantitative estimate of drug-likeness (QED) is 0.890. The lowest BCUT2D eigenvalue weighted by Crippen LogP contribution is -2.31. The van der Waals surface area contributed by atoms with Gasteiger partial charge < -0.3 is 10.0 Å². The molecule has 0 aliphatic carbocycles. The van der Waals surface area contributed by atoms with Crippen LogP contribution in [0.15, 0.2) is 24.3 Å². The number of hydrogen-bond acceptors (Lipinski definition) is 2. The van der Waals surface area contributed by atoms with E-state index in [9.17, 15) is 9.59 Å². The van der Waals surface area contributed by atoms with E-state index in [4.69, 9.17) is 5.11 Å². The highest BCUT2D eigenvalue weighted by Crippen LogP contribution is 2.26. The van der Waals surface area contributed by atoms with Crippen LogP contribution in [0.2, 0.25) is 0 Å². The van der Waals surface area contributed by atoms with Gasteiger partial charge in [-0.1, -0.05) is 26.0 Å². The fourth-order valence-corrected chi connectivity index (χ4v) is 1.92. The maximum atomic E-state index is 12.1. The number of rotatable bonds is 4. The zero-order valence-corrected chi connectivity index (χ0v) is 11.2. The van der Waals surface area contributed by atoms with E-state index < -0.39 is 5.97 Å². The second kappa shape index (κ2) is 5.67. The van der Waals surface area contributed by atoms with E-state index in [1.54, 1.807) is 31.1 Å². The molecule has 4 heteroatoms. The van der Waals surface area contributed by atoms with Crippen molar-refractivity contribution in [2.24, 2.45) is 5.92 Å². The average Bonchev–Trinajstić information content (AvgIpc) is 2.29. The van der Waals surface area contributed by atoms with Crippen LogP contribution in [0.5, 0.6) is 0 Å². The highest BCUT2D eigenvalue weighted by atomic mass is 16.4. The molecule has 1 aromatic rings. The fraction of sp³-hybridized carbons (Fsp3) is 0.429. The van der Waals surface area contributed by atoms with E-state index in [0.29, 0.717) is 0 Å². The number of aromatic carboxylic acids is 1. The maximum Gasteiger partial charge on any atom is 0.335 e. The highest BCUT2D eigenvalue weighted by Gasteiger charge is 2.25. The second-order valence-electron chi connectivity index (χ2n) is 4.88. The van der Waals surface area contributed by atoms with E-state index in [2.05, 4.69) is 0 Å². The van der Waals surface area contributed by atoms with E-state index >= 15 is 0 Å². The Morgan fingerprint density at radius 1 is 1.11 bits per heavy atom. The Morgan fingerprint density at radius 2 is 1.61 bits per heavy atom. The molecule has 0 unspecified atom stereocenters. The summed E-state index contributed by atoms with van der Waals surface area (Å²) in [6.45, 7) is 3.97. The Morgan fingerprint density at radius 3 is 1.94 bits per heavy atom. The molecule has 1 rings (SSSR count). The topological polar surface area (TPSA) is 57.6 Å². The molecule has 0 radical (unpaired) electrons. The third kappa shape index (κ3) is 3.09. The summed E-state index contributed by atoms with van der Waals surface area (Å²) in [6, 6.07) is 6.51. The van der Waals surface area contributed by atoms with Crippen LogP contribution in [0.25, 0.3) is 0 Å². The van der Waals surface area contributed by atoms with Gasteiger partial charge in [-0.05, 0) is 23.6 Å².